The average Bonchev–Trinajstić information content (AvgIpc) is 3.67. The molecule has 4 atom stereocenters. The van der Waals surface area contributed by atoms with Gasteiger partial charge in [-0.15, -0.1) is 6.42 Å². The molecule has 1 saturated heterocycles. The fourth-order valence-electron chi connectivity index (χ4n) is 7.05. The first-order valence-electron chi connectivity index (χ1n) is 18.0. The first kappa shape index (κ1) is 42.8. The van der Waals surface area contributed by atoms with Gasteiger partial charge in [-0.2, -0.15) is 14.9 Å². The summed E-state index contributed by atoms with van der Waals surface area (Å²) in [5, 5.41) is 22.4. The molecule has 57 heavy (non-hydrogen) atoms. The van der Waals surface area contributed by atoms with Crippen molar-refractivity contribution in [3.8, 4) is 12.3 Å². The van der Waals surface area contributed by atoms with Gasteiger partial charge in [0, 0.05) is 0 Å². The van der Waals surface area contributed by atoms with Gasteiger partial charge in [0.2, 0.25) is 5.28 Å². The number of carboxylic acid groups (broad SMARTS) is 2. The number of carboxylic acids is 2. The smallest absolute Gasteiger partial charge is 0.425 e. The lowest BCUT2D eigenvalue weighted by atomic mass is 9.73. The van der Waals surface area contributed by atoms with E-state index < -0.39 is 90.1 Å². The van der Waals surface area contributed by atoms with E-state index in [-0.39, 0.29) is 11.2 Å². The van der Waals surface area contributed by atoms with Crippen LogP contribution in [0, 0.1) is 23.7 Å². The van der Waals surface area contributed by atoms with Crippen molar-refractivity contribution in [1.29, 1.82) is 0 Å². The second-order valence-electron chi connectivity index (χ2n) is 16.6. The molecule has 15 nitrogen and oxygen atoms in total. The summed E-state index contributed by atoms with van der Waals surface area (Å²) in [5.74, 6) is -3.36. The minimum absolute atomic E-state index is 0.219. The second kappa shape index (κ2) is 15.5. The van der Waals surface area contributed by atoms with Crippen molar-refractivity contribution in [2.75, 3.05) is 11.5 Å². The summed E-state index contributed by atoms with van der Waals surface area (Å²) >= 11 is 6.41. The molecule has 5 rings (SSSR count). The molecule has 3 heterocycles. The highest BCUT2D eigenvalue weighted by atomic mass is 35.5. The third-order valence-electron chi connectivity index (χ3n) is 9.33. The van der Waals surface area contributed by atoms with Crippen LogP contribution in [0.25, 0.3) is 11.2 Å². The maximum absolute atomic E-state index is 13.6. The molecule has 0 aliphatic carbocycles. The number of fused-ring (bicyclic) bond motifs is 1. The Kier molecular flexibility index (Phi) is 11.7. The first-order valence-corrected chi connectivity index (χ1v) is 20.3. The largest absolute Gasteiger partial charge is 0.481 e. The molecule has 4 unspecified atom stereocenters. The SMILES string of the molecule is C#CC1(C(=O)O)C(CO[Si](c2ccccc2)(c2ccccc2)C(C)(C)C)OC(n2cnc3c(N(C(=O)OC(C)(C)C)C(=O)OC(C)(C)C)nc(Cl)nc32)C1C(=O)O. The number of benzene rings is 2. The van der Waals surface area contributed by atoms with Gasteiger partial charge in [0.1, 0.15) is 23.2 Å². The average molecular weight is 820 g/mol. The Morgan fingerprint density at radius 3 is 1.82 bits per heavy atom. The van der Waals surface area contributed by atoms with E-state index in [0.717, 1.165) is 21.3 Å². The molecular weight excluding hydrogens is 774 g/mol. The Labute approximate surface area is 336 Å². The number of halogens is 1. The van der Waals surface area contributed by atoms with Gasteiger partial charge >= 0.3 is 24.1 Å². The molecule has 0 bridgehead atoms. The van der Waals surface area contributed by atoms with Crippen LogP contribution in [0.4, 0.5) is 15.4 Å². The number of carbonyl (C=O) groups excluding carboxylic acids is 2. The van der Waals surface area contributed by atoms with Crippen LogP contribution in [0.2, 0.25) is 10.3 Å². The van der Waals surface area contributed by atoms with Crippen molar-refractivity contribution in [2.24, 2.45) is 11.3 Å². The van der Waals surface area contributed by atoms with Crippen LogP contribution >= 0.6 is 11.6 Å². The van der Waals surface area contributed by atoms with Gasteiger partial charge in [0.05, 0.1) is 12.9 Å². The summed E-state index contributed by atoms with van der Waals surface area (Å²) in [6.45, 7) is 15.2. The molecule has 302 valence electrons. The lowest BCUT2D eigenvalue weighted by Crippen LogP contribution is -2.67. The van der Waals surface area contributed by atoms with Crippen LogP contribution in [0.15, 0.2) is 67.0 Å². The Morgan fingerprint density at radius 2 is 1.40 bits per heavy atom. The molecule has 0 radical (unpaired) electrons. The highest BCUT2D eigenvalue weighted by Crippen LogP contribution is 2.50. The molecule has 4 aromatic rings. The number of imide groups is 1. The van der Waals surface area contributed by atoms with Crippen LogP contribution < -0.4 is 15.3 Å². The highest BCUT2D eigenvalue weighted by molar-refractivity contribution is 6.99. The van der Waals surface area contributed by atoms with E-state index >= 15 is 0 Å². The quantitative estimate of drug-likeness (QED) is 0.113. The highest BCUT2D eigenvalue weighted by Gasteiger charge is 2.66. The van der Waals surface area contributed by atoms with E-state index in [1.165, 1.54) is 0 Å². The van der Waals surface area contributed by atoms with Gasteiger partial charge in [0.15, 0.2) is 28.6 Å². The van der Waals surface area contributed by atoms with Crippen LogP contribution in [0.5, 0.6) is 0 Å². The fraction of sp³-hybridized carbons (Fsp3) is 0.425. The predicted octanol–water partition coefficient (Wildman–Crippen LogP) is 6.04. The lowest BCUT2D eigenvalue weighted by molar-refractivity contribution is -0.158. The normalized spacial score (nSPS) is 20.1. The van der Waals surface area contributed by atoms with Crippen molar-refractivity contribution < 1.29 is 48.0 Å². The van der Waals surface area contributed by atoms with Crippen LogP contribution in [0.3, 0.4) is 0 Å². The molecule has 1 aliphatic heterocycles. The number of aromatic nitrogens is 4. The minimum Gasteiger partial charge on any atom is -0.481 e. The number of ether oxygens (including phenoxy) is 3. The molecule has 2 N–H and O–H groups in total. The van der Waals surface area contributed by atoms with E-state index in [1.54, 1.807) is 41.5 Å². The lowest BCUT2D eigenvalue weighted by Gasteiger charge is -2.44. The fourth-order valence-corrected chi connectivity index (χ4v) is 11.8. The third-order valence-corrected chi connectivity index (χ3v) is 14.5. The molecule has 1 aliphatic rings. The molecule has 2 aromatic carbocycles. The minimum atomic E-state index is -3.33. The molecule has 2 amide bonds. The summed E-state index contributed by atoms with van der Waals surface area (Å²) in [5.41, 5.74) is -5.07. The predicted molar refractivity (Wildman–Crippen MR) is 213 cm³/mol. The summed E-state index contributed by atoms with van der Waals surface area (Å²) in [7, 11) is -3.33. The van der Waals surface area contributed by atoms with Gasteiger partial charge in [-0.3, -0.25) is 14.2 Å². The van der Waals surface area contributed by atoms with Crippen molar-refractivity contribution in [2.45, 2.75) is 90.9 Å². The van der Waals surface area contributed by atoms with E-state index in [2.05, 4.69) is 20.9 Å². The zero-order valence-electron chi connectivity index (χ0n) is 33.1. The molecular formula is C40H46ClN5O10Si. The van der Waals surface area contributed by atoms with Gasteiger partial charge in [0.25, 0.3) is 8.32 Å². The van der Waals surface area contributed by atoms with Gasteiger partial charge in [-0.25, -0.2) is 14.6 Å². The Morgan fingerprint density at radius 1 is 0.895 bits per heavy atom. The number of rotatable bonds is 9. The number of terminal acetylenes is 1. The Bertz CT molecular complexity index is 2140. The summed E-state index contributed by atoms with van der Waals surface area (Å²) in [6, 6.07) is 19.1. The van der Waals surface area contributed by atoms with E-state index in [1.807, 2.05) is 81.4 Å². The van der Waals surface area contributed by atoms with E-state index in [4.69, 9.17) is 36.7 Å². The van der Waals surface area contributed by atoms with Crippen molar-refractivity contribution in [1.82, 2.24) is 19.5 Å². The number of carbonyl (C=O) groups is 4. The summed E-state index contributed by atoms with van der Waals surface area (Å²) < 4.78 is 25.6. The van der Waals surface area contributed by atoms with Crippen LogP contribution in [0.1, 0.15) is 68.5 Å². The van der Waals surface area contributed by atoms with Crippen LogP contribution in [-0.4, -0.2) is 86.1 Å². The zero-order chi connectivity index (χ0) is 42.3. The topological polar surface area (TPSA) is 192 Å². The molecule has 17 heteroatoms. The maximum Gasteiger partial charge on any atom is 0.425 e. The number of amides is 2. The first-order chi connectivity index (χ1) is 26.5. The molecule has 0 spiro atoms. The van der Waals surface area contributed by atoms with E-state index in [0.29, 0.717) is 4.90 Å². The monoisotopic (exact) mass is 819 g/mol. The van der Waals surface area contributed by atoms with Crippen molar-refractivity contribution >= 4 is 71.4 Å². The zero-order valence-corrected chi connectivity index (χ0v) is 34.9. The number of anilines is 1. The number of aliphatic carboxylic acids is 2. The van der Waals surface area contributed by atoms with Crippen molar-refractivity contribution in [3.05, 3.63) is 72.3 Å². The number of nitrogens with zero attached hydrogens (tertiary/aromatic N) is 5. The second-order valence-corrected chi connectivity index (χ2v) is 21.2. The maximum atomic E-state index is 13.6. The van der Waals surface area contributed by atoms with Gasteiger partial charge in [-0.1, -0.05) is 87.4 Å². The molecule has 0 saturated carbocycles. The molecule has 2 aromatic heterocycles. The standard InChI is InChI=1S/C40H46ClN5O10Si/c1-11-40(33(49)50)26(22-53-57(39(8,9)10,24-18-14-12-15-19-24)25-20-16-13-17-21-25)54-31(27(40)32(47)48)45-23-42-28-29(45)43-34(41)44-30(28)46(35(51)55-37(2,3)4)36(52)56-38(5,6)7/h1,12-21,23,26-27,31H,22H2,2-10H3,(H,47,48)(H,49,50). The van der Waals surface area contributed by atoms with E-state index in [9.17, 15) is 29.4 Å². The summed E-state index contributed by atoms with van der Waals surface area (Å²) in [6.07, 6.45) is 1.55. The van der Waals surface area contributed by atoms with Crippen LogP contribution in [-0.2, 0) is 28.2 Å². The Balaban J connectivity index is 1.67. The number of hydrogen-bond donors (Lipinski definition) is 2. The Hall–Kier alpha value is -5.34. The van der Waals surface area contributed by atoms with Crippen molar-refractivity contribution in [3.63, 3.8) is 0 Å². The number of hydrogen-bond acceptors (Lipinski definition) is 11. The number of imidazole rings is 1. The third kappa shape index (κ3) is 8.10. The van der Waals surface area contributed by atoms with Gasteiger partial charge in [-0.05, 0) is 68.6 Å². The summed E-state index contributed by atoms with van der Waals surface area (Å²) in [4.78, 5) is 67.0. The molecule has 1 fully saturated rings. The van der Waals surface area contributed by atoms with Gasteiger partial charge < -0.3 is 28.8 Å².